The summed E-state index contributed by atoms with van der Waals surface area (Å²) in [5, 5.41) is 6.97. The molecule has 0 atom stereocenters. The van der Waals surface area contributed by atoms with Crippen LogP contribution in [0.1, 0.15) is 21.1 Å². The molecule has 4 aromatic heterocycles. The van der Waals surface area contributed by atoms with Crippen molar-refractivity contribution in [2.24, 2.45) is 0 Å². The van der Waals surface area contributed by atoms with Crippen LogP contribution in [0.15, 0.2) is 42.0 Å². The summed E-state index contributed by atoms with van der Waals surface area (Å²) in [6, 6.07) is 6.62. The smallest absolute Gasteiger partial charge is 0.255 e. The van der Waals surface area contributed by atoms with Crippen molar-refractivity contribution in [1.29, 1.82) is 0 Å². The molecule has 0 aliphatic carbocycles. The summed E-state index contributed by atoms with van der Waals surface area (Å²) in [7, 11) is 0. The number of rotatable bonds is 5. The predicted molar refractivity (Wildman–Crippen MR) is 133 cm³/mol. The Morgan fingerprint density at radius 1 is 1.03 bits per heavy atom. The molecule has 11 heteroatoms. The predicted octanol–water partition coefficient (Wildman–Crippen LogP) is 4.52. The van der Waals surface area contributed by atoms with Gasteiger partial charge in [-0.15, -0.1) is 22.7 Å². The van der Waals surface area contributed by atoms with Gasteiger partial charge in [0.1, 0.15) is 5.82 Å². The van der Waals surface area contributed by atoms with Gasteiger partial charge in [0.2, 0.25) is 5.95 Å². The number of thiazole rings is 2. The molecule has 0 radical (unpaired) electrons. The van der Waals surface area contributed by atoms with E-state index < -0.39 is 5.95 Å². The van der Waals surface area contributed by atoms with E-state index in [1.54, 1.807) is 35.7 Å². The van der Waals surface area contributed by atoms with Crippen LogP contribution in [-0.2, 0) is 0 Å². The molecule has 0 spiro atoms. The van der Waals surface area contributed by atoms with E-state index in [4.69, 9.17) is 0 Å². The molecule has 1 amide bonds. The largest absolute Gasteiger partial charge is 0.367 e. The van der Waals surface area contributed by atoms with Gasteiger partial charge in [-0.25, -0.2) is 19.9 Å². The second kappa shape index (κ2) is 9.43. The fraction of sp³-hybridized carbons (Fsp3) is 0.261. The number of carbonyl (C=O) groups excluding carboxylic acids is 1. The Labute approximate surface area is 204 Å². The van der Waals surface area contributed by atoms with Crippen LogP contribution in [0.4, 0.5) is 21.0 Å². The number of halogens is 1. The molecule has 1 aliphatic heterocycles. The summed E-state index contributed by atoms with van der Waals surface area (Å²) in [5.41, 5.74) is 3.28. The maximum absolute atomic E-state index is 13.0. The Morgan fingerprint density at radius 2 is 1.85 bits per heavy atom. The summed E-state index contributed by atoms with van der Waals surface area (Å²) < 4.78 is 13.0. The highest BCUT2D eigenvalue weighted by Crippen LogP contribution is 2.32. The first kappa shape index (κ1) is 22.4. The van der Waals surface area contributed by atoms with Gasteiger partial charge in [-0.2, -0.15) is 4.39 Å². The van der Waals surface area contributed by atoms with Crippen molar-refractivity contribution in [3.63, 3.8) is 0 Å². The van der Waals surface area contributed by atoms with Crippen molar-refractivity contribution in [3.8, 4) is 10.6 Å². The van der Waals surface area contributed by atoms with Crippen LogP contribution in [0.3, 0.4) is 0 Å². The fourth-order valence-corrected chi connectivity index (χ4v) is 5.48. The molecule has 5 heterocycles. The van der Waals surface area contributed by atoms with E-state index in [9.17, 15) is 9.18 Å². The topological polar surface area (TPSA) is 87.1 Å². The number of aryl methyl sites for hydroxylation is 2. The Kier molecular flexibility index (Phi) is 6.20. The van der Waals surface area contributed by atoms with Gasteiger partial charge in [-0.1, -0.05) is 0 Å². The number of carbonyl (C=O) groups is 1. The minimum absolute atomic E-state index is 0.0523. The summed E-state index contributed by atoms with van der Waals surface area (Å²) >= 11 is 3.13. The van der Waals surface area contributed by atoms with Crippen molar-refractivity contribution in [3.05, 3.63) is 64.3 Å². The van der Waals surface area contributed by atoms with Crippen molar-refractivity contribution in [1.82, 2.24) is 24.8 Å². The molecular weight excluding hydrogens is 473 g/mol. The van der Waals surface area contributed by atoms with Crippen LogP contribution in [0, 0.1) is 19.8 Å². The zero-order valence-corrected chi connectivity index (χ0v) is 20.3. The molecule has 4 aromatic rings. The van der Waals surface area contributed by atoms with E-state index in [2.05, 4.69) is 30.2 Å². The molecule has 5 rings (SSSR count). The lowest BCUT2D eigenvalue weighted by Gasteiger charge is -2.35. The van der Waals surface area contributed by atoms with Crippen LogP contribution in [0.5, 0.6) is 0 Å². The highest BCUT2D eigenvalue weighted by molar-refractivity contribution is 7.16. The van der Waals surface area contributed by atoms with Gasteiger partial charge in [-0.05, 0) is 38.1 Å². The molecule has 1 N–H and O–H groups in total. The van der Waals surface area contributed by atoms with Crippen LogP contribution in [0.25, 0.3) is 10.6 Å². The van der Waals surface area contributed by atoms with Gasteiger partial charge in [0.15, 0.2) is 5.13 Å². The van der Waals surface area contributed by atoms with Crippen molar-refractivity contribution < 1.29 is 9.18 Å². The van der Waals surface area contributed by atoms with Crippen LogP contribution < -0.4 is 10.2 Å². The fourth-order valence-electron chi connectivity index (χ4n) is 3.81. The van der Waals surface area contributed by atoms with Gasteiger partial charge >= 0.3 is 0 Å². The average Bonchev–Trinajstić information content (AvgIpc) is 3.45. The molecule has 8 nitrogen and oxygen atoms in total. The Morgan fingerprint density at radius 3 is 2.50 bits per heavy atom. The SMILES string of the molecule is Cc1nc(C)c(-c2csc(Nc3ccc(C(=O)N4CCN(c5ccc(F)nc5)CC4)cn3)n2)s1. The summed E-state index contributed by atoms with van der Waals surface area (Å²) in [6.45, 7) is 6.46. The molecule has 1 fully saturated rings. The average molecular weight is 496 g/mol. The number of anilines is 3. The zero-order valence-electron chi connectivity index (χ0n) is 18.7. The van der Waals surface area contributed by atoms with Gasteiger partial charge in [0, 0.05) is 37.8 Å². The van der Waals surface area contributed by atoms with Gasteiger partial charge < -0.3 is 15.1 Å². The molecule has 0 saturated carbocycles. The zero-order chi connectivity index (χ0) is 23.7. The third-order valence-corrected chi connectivity index (χ3v) is 7.38. The van der Waals surface area contributed by atoms with Crippen molar-refractivity contribution >= 4 is 45.2 Å². The van der Waals surface area contributed by atoms with E-state index in [0.717, 1.165) is 32.1 Å². The molecule has 0 unspecified atom stereocenters. The Balaban J connectivity index is 1.19. The Bertz CT molecular complexity index is 1300. The number of aromatic nitrogens is 4. The first-order valence-corrected chi connectivity index (χ1v) is 12.4. The van der Waals surface area contributed by atoms with E-state index in [-0.39, 0.29) is 5.91 Å². The maximum Gasteiger partial charge on any atom is 0.255 e. The lowest BCUT2D eigenvalue weighted by Crippen LogP contribution is -2.48. The second-order valence-corrected chi connectivity index (χ2v) is 9.92. The first-order valence-electron chi connectivity index (χ1n) is 10.7. The molecule has 174 valence electrons. The summed E-state index contributed by atoms with van der Waals surface area (Å²) in [6.07, 6.45) is 3.11. The van der Waals surface area contributed by atoms with Gasteiger partial charge in [0.25, 0.3) is 5.91 Å². The number of nitrogens with zero attached hydrogens (tertiary/aromatic N) is 6. The lowest BCUT2D eigenvalue weighted by molar-refractivity contribution is 0.0746. The number of hydrogen-bond donors (Lipinski definition) is 1. The minimum atomic E-state index is -0.497. The van der Waals surface area contributed by atoms with Crippen LogP contribution in [-0.4, -0.2) is 56.9 Å². The number of piperazine rings is 1. The van der Waals surface area contributed by atoms with Crippen molar-refractivity contribution in [2.75, 3.05) is 36.4 Å². The first-order chi connectivity index (χ1) is 16.5. The summed E-state index contributed by atoms with van der Waals surface area (Å²) in [4.78, 5) is 35.1. The molecule has 1 saturated heterocycles. The van der Waals surface area contributed by atoms with Gasteiger partial charge in [-0.3, -0.25) is 4.79 Å². The normalized spacial score (nSPS) is 13.9. The van der Waals surface area contributed by atoms with Crippen LogP contribution in [0.2, 0.25) is 0 Å². The molecule has 1 aliphatic rings. The molecule has 0 bridgehead atoms. The highest BCUT2D eigenvalue weighted by Gasteiger charge is 2.23. The van der Waals surface area contributed by atoms with E-state index in [1.165, 1.54) is 23.6 Å². The monoisotopic (exact) mass is 495 g/mol. The lowest BCUT2D eigenvalue weighted by atomic mass is 10.2. The minimum Gasteiger partial charge on any atom is -0.367 e. The molecule has 34 heavy (non-hydrogen) atoms. The Hall–Kier alpha value is -3.44. The highest BCUT2D eigenvalue weighted by atomic mass is 32.1. The molecule has 0 aromatic carbocycles. The quantitative estimate of drug-likeness (QED) is 0.408. The van der Waals surface area contributed by atoms with E-state index in [1.807, 2.05) is 24.1 Å². The molecular formula is C23H22FN7OS2. The second-order valence-electron chi connectivity index (χ2n) is 7.86. The summed E-state index contributed by atoms with van der Waals surface area (Å²) in [5.74, 6) is 0.0788. The standard InChI is InChI=1S/C23H22FN7OS2/c1-14-21(34-15(2)27-14)18-13-33-23(28-18)29-20-6-3-16(11-26-20)22(32)31-9-7-30(8-10-31)17-4-5-19(24)25-12-17/h3-6,11-13H,7-10H2,1-2H3,(H,26,28,29). The van der Waals surface area contributed by atoms with Gasteiger partial charge in [0.05, 0.1) is 38.7 Å². The number of pyridine rings is 2. The number of amides is 1. The van der Waals surface area contributed by atoms with E-state index in [0.29, 0.717) is 37.6 Å². The van der Waals surface area contributed by atoms with Crippen LogP contribution >= 0.6 is 22.7 Å². The maximum atomic E-state index is 13.0. The number of hydrogen-bond acceptors (Lipinski definition) is 9. The van der Waals surface area contributed by atoms with Crippen molar-refractivity contribution in [2.45, 2.75) is 13.8 Å². The van der Waals surface area contributed by atoms with E-state index >= 15 is 0 Å². The third kappa shape index (κ3) is 4.75. The third-order valence-electron chi connectivity index (χ3n) is 5.53. The number of nitrogens with one attached hydrogen (secondary N) is 1.